The number of fused-ring (bicyclic) bond motifs is 3. The Bertz CT molecular complexity index is 688. The highest BCUT2D eigenvalue weighted by Crippen LogP contribution is 2.42. The number of hydrogen-bond acceptors (Lipinski definition) is 3. The molecule has 0 fully saturated rings. The van der Waals surface area contributed by atoms with E-state index in [2.05, 4.69) is 15.5 Å². The summed E-state index contributed by atoms with van der Waals surface area (Å²) in [5.74, 6) is 0.803. The van der Waals surface area contributed by atoms with E-state index < -0.39 is 5.41 Å². The van der Waals surface area contributed by atoms with E-state index in [1.165, 1.54) is 0 Å². The van der Waals surface area contributed by atoms with Crippen molar-refractivity contribution in [2.24, 2.45) is 0 Å². The predicted octanol–water partition coefficient (Wildman–Crippen LogP) is 1.19. The van der Waals surface area contributed by atoms with Crippen LogP contribution in [0.5, 0.6) is 0 Å². The second-order valence-electron chi connectivity index (χ2n) is 4.62. The second-order valence-corrected chi connectivity index (χ2v) is 4.62. The summed E-state index contributed by atoms with van der Waals surface area (Å²) in [6, 6.07) is 7.80. The van der Waals surface area contributed by atoms with Gasteiger partial charge in [0.15, 0.2) is 5.82 Å². The molecule has 0 saturated heterocycles. The molecule has 1 unspecified atom stereocenters. The molecule has 1 N–H and O–H groups in total. The van der Waals surface area contributed by atoms with Gasteiger partial charge in [0, 0.05) is 12.2 Å². The lowest BCUT2D eigenvalue weighted by molar-refractivity contribution is -0.119. The normalized spacial score (nSPS) is 23.9. The maximum atomic E-state index is 12.3. The molecule has 1 atom stereocenters. The lowest BCUT2D eigenvalue weighted by Gasteiger charge is -2.27. The predicted molar refractivity (Wildman–Crippen MR) is 65.8 cm³/mol. The molecule has 0 aliphatic carbocycles. The van der Waals surface area contributed by atoms with E-state index in [9.17, 15) is 4.79 Å². The molecular weight excluding hydrogens is 228 g/mol. The maximum absolute atomic E-state index is 12.3. The zero-order chi connectivity index (χ0) is 12.2. The smallest absolute Gasteiger partial charge is 0.240 e. The first-order chi connectivity index (χ1) is 8.79. The van der Waals surface area contributed by atoms with Crippen molar-refractivity contribution < 1.29 is 4.79 Å². The van der Waals surface area contributed by atoms with E-state index in [-0.39, 0.29) is 5.91 Å². The molecule has 88 valence electrons. The Hall–Kier alpha value is -2.43. The minimum absolute atomic E-state index is 0.0132. The average molecular weight is 238 g/mol. The number of hydrogen-bond donors (Lipinski definition) is 1. The number of carbonyl (C=O) groups is 1. The summed E-state index contributed by atoms with van der Waals surface area (Å²) in [5.41, 5.74) is 1.29. The summed E-state index contributed by atoms with van der Waals surface area (Å²) in [6.45, 7) is 0.550. The number of aromatic nitrogens is 3. The molecule has 0 radical (unpaired) electrons. The highest BCUT2D eigenvalue weighted by atomic mass is 16.2. The molecule has 0 saturated carbocycles. The van der Waals surface area contributed by atoms with Crippen LogP contribution in [-0.2, 0) is 16.8 Å². The monoisotopic (exact) mass is 238 g/mol. The first kappa shape index (κ1) is 9.58. The van der Waals surface area contributed by atoms with Crippen LogP contribution in [0.2, 0.25) is 0 Å². The molecule has 1 aromatic carbocycles. The molecule has 5 nitrogen and oxygen atoms in total. The van der Waals surface area contributed by atoms with Gasteiger partial charge in [-0.3, -0.25) is 4.79 Å². The van der Waals surface area contributed by atoms with E-state index >= 15 is 0 Å². The molecule has 1 amide bonds. The fourth-order valence-electron chi connectivity index (χ4n) is 2.71. The maximum Gasteiger partial charge on any atom is 0.240 e. The van der Waals surface area contributed by atoms with Crippen molar-refractivity contribution in [2.45, 2.75) is 12.0 Å². The summed E-state index contributed by atoms with van der Waals surface area (Å²) in [4.78, 5) is 12.3. The summed E-state index contributed by atoms with van der Waals surface area (Å²) < 4.78 is 1.90. The summed E-state index contributed by atoms with van der Waals surface area (Å²) >= 11 is 0. The lowest BCUT2D eigenvalue weighted by atomic mass is 9.80. The summed E-state index contributed by atoms with van der Waals surface area (Å²) in [5, 5.41) is 10.8. The first-order valence-electron chi connectivity index (χ1n) is 5.78. The highest BCUT2D eigenvalue weighted by molar-refractivity contribution is 6.08. The van der Waals surface area contributed by atoms with Crippen LogP contribution in [0, 0.1) is 0 Å². The van der Waals surface area contributed by atoms with E-state index in [1.54, 1.807) is 6.33 Å². The van der Waals surface area contributed by atoms with Gasteiger partial charge < -0.3 is 9.88 Å². The van der Waals surface area contributed by atoms with Crippen molar-refractivity contribution in [1.82, 2.24) is 14.8 Å². The third-order valence-electron chi connectivity index (χ3n) is 3.64. The third-order valence-corrected chi connectivity index (χ3v) is 3.64. The van der Waals surface area contributed by atoms with Gasteiger partial charge >= 0.3 is 0 Å². The largest absolute Gasteiger partial charge is 0.325 e. The Morgan fingerprint density at radius 2 is 2.22 bits per heavy atom. The molecule has 4 rings (SSSR count). The molecule has 1 aromatic heterocycles. The number of nitrogens with one attached hydrogen (secondary N) is 1. The van der Waals surface area contributed by atoms with Gasteiger partial charge in [-0.15, -0.1) is 10.2 Å². The Labute approximate surface area is 103 Å². The number of para-hydroxylation sites is 1. The van der Waals surface area contributed by atoms with E-state index in [4.69, 9.17) is 0 Å². The van der Waals surface area contributed by atoms with Crippen LogP contribution >= 0.6 is 0 Å². The van der Waals surface area contributed by atoms with Gasteiger partial charge in [-0.2, -0.15) is 0 Å². The number of carbonyl (C=O) groups excluding carboxylic acids is 1. The number of anilines is 1. The zero-order valence-electron chi connectivity index (χ0n) is 9.50. The van der Waals surface area contributed by atoms with Crippen LogP contribution in [0.4, 0.5) is 5.69 Å². The van der Waals surface area contributed by atoms with Crippen molar-refractivity contribution in [3.8, 4) is 0 Å². The van der Waals surface area contributed by atoms with Crippen molar-refractivity contribution >= 4 is 17.7 Å². The fraction of sp³-hybridized carbons (Fsp3) is 0.154. The molecule has 18 heavy (non-hydrogen) atoms. The molecule has 2 aliphatic rings. The Morgan fingerprint density at radius 3 is 3.17 bits per heavy atom. The minimum atomic E-state index is -0.619. The fourth-order valence-corrected chi connectivity index (χ4v) is 2.71. The van der Waals surface area contributed by atoms with Gasteiger partial charge in [0.25, 0.3) is 0 Å². The Kier molecular flexibility index (Phi) is 1.63. The van der Waals surface area contributed by atoms with Gasteiger partial charge in [-0.05, 0) is 17.7 Å². The van der Waals surface area contributed by atoms with Crippen LogP contribution in [0.15, 0.2) is 36.7 Å². The van der Waals surface area contributed by atoms with E-state index in [0.29, 0.717) is 6.54 Å². The molecule has 2 aliphatic heterocycles. The standard InChI is InChI=1S/C13H10N4O/c18-12-13(9-3-1-2-4-10(9)15-12)6-5-11-16-14-8-17(11)7-13/h1-6,8H,7H2,(H,15,18). The number of nitrogens with zero attached hydrogens (tertiary/aromatic N) is 3. The Morgan fingerprint density at radius 1 is 1.33 bits per heavy atom. The molecule has 1 spiro atoms. The van der Waals surface area contributed by atoms with Gasteiger partial charge in [-0.25, -0.2) is 0 Å². The van der Waals surface area contributed by atoms with Crippen molar-refractivity contribution in [1.29, 1.82) is 0 Å². The van der Waals surface area contributed by atoms with Crippen molar-refractivity contribution in [3.63, 3.8) is 0 Å². The zero-order valence-corrected chi connectivity index (χ0v) is 9.50. The van der Waals surface area contributed by atoms with E-state index in [1.807, 2.05) is 41.0 Å². The average Bonchev–Trinajstić information content (AvgIpc) is 2.95. The minimum Gasteiger partial charge on any atom is -0.325 e. The molecule has 0 bridgehead atoms. The summed E-state index contributed by atoms with van der Waals surface area (Å²) in [7, 11) is 0. The van der Waals surface area contributed by atoms with Crippen molar-refractivity contribution in [3.05, 3.63) is 48.1 Å². The molecule has 3 heterocycles. The Balaban J connectivity index is 1.93. The number of amides is 1. The highest BCUT2D eigenvalue weighted by Gasteiger charge is 2.46. The topological polar surface area (TPSA) is 59.8 Å². The summed E-state index contributed by atoms with van der Waals surface area (Å²) in [6.07, 6.45) is 5.45. The molecular formula is C13H10N4O. The number of benzene rings is 1. The van der Waals surface area contributed by atoms with Crippen molar-refractivity contribution in [2.75, 3.05) is 5.32 Å². The molecule has 2 aromatic rings. The second kappa shape index (κ2) is 3.07. The van der Waals surface area contributed by atoms with Crippen LogP contribution in [0.25, 0.3) is 6.08 Å². The van der Waals surface area contributed by atoms with E-state index in [0.717, 1.165) is 17.1 Å². The van der Waals surface area contributed by atoms with Gasteiger partial charge in [0.2, 0.25) is 5.91 Å². The van der Waals surface area contributed by atoms with Crippen LogP contribution < -0.4 is 5.32 Å². The quantitative estimate of drug-likeness (QED) is 0.750. The number of rotatable bonds is 0. The van der Waals surface area contributed by atoms with Gasteiger partial charge in [0.1, 0.15) is 11.7 Å². The van der Waals surface area contributed by atoms with Gasteiger partial charge in [0.05, 0.1) is 0 Å². The third kappa shape index (κ3) is 1.03. The molecule has 5 heteroatoms. The lowest BCUT2D eigenvalue weighted by Crippen LogP contribution is -2.38. The van der Waals surface area contributed by atoms with Crippen LogP contribution in [0.3, 0.4) is 0 Å². The SMILES string of the molecule is O=C1Nc2ccccc2C12C=Cc1nncn1C2. The van der Waals surface area contributed by atoms with Crippen LogP contribution in [0.1, 0.15) is 11.4 Å². The van der Waals surface area contributed by atoms with Gasteiger partial charge in [-0.1, -0.05) is 24.3 Å². The van der Waals surface area contributed by atoms with Crippen LogP contribution in [-0.4, -0.2) is 20.7 Å². The first-order valence-corrected chi connectivity index (χ1v) is 5.78.